The molecule has 0 radical (unpaired) electrons. The molecule has 0 saturated heterocycles. The summed E-state index contributed by atoms with van der Waals surface area (Å²) in [7, 11) is 0. The fourth-order valence-corrected chi connectivity index (χ4v) is 3.50. The lowest BCUT2D eigenvalue weighted by molar-refractivity contribution is -0.140. The van der Waals surface area contributed by atoms with E-state index in [1.165, 1.54) is 10.6 Å². The van der Waals surface area contributed by atoms with Crippen molar-refractivity contribution < 1.29 is 18.0 Å². The number of hydrogen-bond acceptors (Lipinski definition) is 4. The van der Waals surface area contributed by atoms with Crippen LogP contribution in [0.15, 0.2) is 36.8 Å². The molecule has 1 aliphatic rings. The molecule has 30 heavy (non-hydrogen) atoms. The maximum absolute atomic E-state index is 12.9. The van der Waals surface area contributed by atoms with Crippen molar-refractivity contribution in [1.82, 2.24) is 24.9 Å². The first-order valence-electron chi connectivity index (χ1n) is 9.01. The van der Waals surface area contributed by atoms with E-state index in [0.29, 0.717) is 11.4 Å². The van der Waals surface area contributed by atoms with Gasteiger partial charge in [0.2, 0.25) is 0 Å². The summed E-state index contributed by atoms with van der Waals surface area (Å²) in [6, 6.07) is 5.15. The predicted octanol–water partition coefficient (Wildman–Crippen LogP) is 4.50. The highest BCUT2D eigenvalue weighted by atomic mass is 19.4. The first kappa shape index (κ1) is 23.2. The number of nitrogens with zero attached hydrogens (tertiary/aromatic N) is 3. The summed E-state index contributed by atoms with van der Waals surface area (Å²) in [5.41, 5.74) is -0.168. The number of amides is 1. The zero-order chi connectivity index (χ0) is 19.7. The van der Waals surface area contributed by atoms with E-state index in [1.54, 1.807) is 24.4 Å². The lowest BCUT2D eigenvalue weighted by atomic mass is 9.91. The van der Waals surface area contributed by atoms with Crippen molar-refractivity contribution in [2.45, 2.75) is 58.8 Å². The average molecular weight is 424 g/mol. The number of rotatable bonds is 4. The normalized spacial score (nSPS) is 18.9. The van der Waals surface area contributed by atoms with Crippen LogP contribution in [-0.2, 0) is 6.18 Å². The van der Waals surface area contributed by atoms with Crippen LogP contribution in [0.25, 0.3) is 5.65 Å². The fourth-order valence-electron chi connectivity index (χ4n) is 3.50. The van der Waals surface area contributed by atoms with Gasteiger partial charge in [-0.15, -0.1) is 0 Å². The van der Waals surface area contributed by atoms with Crippen molar-refractivity contribution in [2.24, 2.45) is 0 Å². The molecule has 0 unspecified atom stereocenters. The summed E-state index contributed by atoms with van der Waals surface area (Å²) in [5.74, 6) is 0.416. The summed E-state index contributed by atoms with van der Waals surface area (Å²) in [5, 5.41) is 12.7. The van der Waals surface area contributed by atoms with Crippen molar-refractivity contribution in [3.05, 3.63) is 48.0 Å². The fraction of sp³-hybridized carbons (Fsp3) is 0.450. The van der Waals surface area contributed by atoms with Crippen LogP contribution in [0, 0.1) is 0 Å². The van der Waals surface area contributed by atoms with Crippen LogP contribution >= 0.6 is 0 Å². The number of anilines is 1. The van der Waals surface area contributed by atoms with E-state index in [1.807, 2.05) is 0 Å². The Bertz CT molecular complexity index is 959. The maximum atomic E-state index is 12.9. The zero-order valence-corrected chi connectivity index (χ0v) is 14.8. The minimum Gasteiger partial charge on any atom is -0.368 e. The second kappa shape index (κ2) is 9.19. The van der Waals surface area contributed by atoms with Gasteiger partial charge >= 0.3 is 6.18 Å². The van der Waals surface area contributed by atoms with E-state index < -0.39 is 11.9 Å². The third-order valence-corrected chi connectivity index (χ3v) is 4.96. The van der Waals surface area contributed by atoms with Gasteiger partial charge in [0.05, 0.1) is 11.8 Å². The Labute approximate surface area is 173 Å². The van der Waals surface area contributed by atoms with Gasteiger partial charge in [-0.05, 0) is 37.8 Å². The number of carbonyl (C=O) groups excluding carboxylic acids is 1. The van der Waals surface area contributed by atoms with Crippen LogP contribution in [0.2, 0.25) is 0 Å². The number of fused-ring (bicyclic) bond motifs is 1. The first-order chi connectivity index (χ1) is 13.4. The number of imidazole rings is 1. The Morgan fingerprint density at radius 3 is 2.47 bits per heavy atom. The van der Waals surface area contributed by atoms with Gasteiger partial charge in [-0.2, -0.15) is 18.3 Å². The van der Waals surface area contributed by atoms with Crippen molar-refractivity contribution in [3.8, 4) is 0 Å². The Morgan fingerprint density at radius 1 is 1.13 bits per heavy atom. The van der Waals surface area contributed by atoms with Gasteiger partial charge in [-0.1, -0.05) is 20.9 Å². The van der Waals surface area contributed by atoms with Crippen LogP contribution in [0.3, 0.4) is 0 Å². The van der Waals surface area contributed by atoms with Gasteiger partial charge in [-0.25, -0.2) is 4.98 Å². The summed E-state index contributed by atoms with van der Waals surface area (Å²) in [6.07, 6.45) is 2.72. The Kier molecular flexibility index (Phi) is 7.12. The Balaban J connectivity index is 0.00000160. The number of H-pyrrole nitrogens is 1. The Morgan fingerprint density at radius 2 is 1.83 bits per heavy atom. The lowest BCUT2D eigenvalue weighted by Gasteiger charge is -2.30. The average Bonchev–Trinajstić information content (AvgIpc) is 3.33. The van der Waals surface area contributed by atoms with Gasteiger partial charge in [0.15, 0.2) is 5.69 Å². The molecule has 3 aromatic rings. The quantitative estimate of drug-likeness (QED) is 0.575. The van der Waals surface area contributed by atoms with Gasteiger partial charge in [-0.3, -0.25) is 14.3 Å². The molecule has 3 N–H and O–H groups in total. The molecular weight excluding hydrogens is 397 g/mol. The molecule has 0 spiro atoms. The number of carbonyl (C=O) groups is 1. The smallest absolute Gasteiger partial charge is 0.368 e. The Hall–Kier alpha value is -3.04. The maximum Gasteiger partial charge on any atom is 0.434 e. The van der Waals surface area contributed by atoms with Crippen LogP contribution in [-0.4, -0.2) is 37.6 Å². The SMILES string of the molecule is C.C.O=C(NC1CCC(Nc2cccc3nc(C(F)(F)F)cn23)CC1)c1cn[nH]c1. The summed E-state index contributed by atoms with van der Waals surface area (Å²) >= 11 is 0. The summed E-state index contributed by atoms with van der Waals surface area (Å²) in [4.78, 5) is 15.7. The predicted molar refractivity (Wildman–Crippen MR) is 109 cm³/mol. The second-order valence-corrected chi connectivity index (χ2v) is 6.92. The zero-order valence-electron chi connectivity index (χ0n) is 14.8. The van der Waals surface area contributed by atoms with Crippen molar-refractivity contribution >= 4 is 17.4 Å². The van der Waals surface area contributed by atoms with Crippen molar-refractivity contribution in [2.75, 3.05) is 5.32 Å². The number of hydrogen-bond donors (Lipinski definition) is 3. The molecule has 10 heteroatoms. The number of aromatic nitrogens is 4. The summed E-state index contributed by atoms with van der Waals surface area (Å²) < 4.78 is 40.2. The van der Waals surface area contributed by atoms with Gasteiger partial charge in [0.1, 0.15) is 11.5 Å². The number of pyridine rings is 1. The third-order valence-electron chi connectivity index (χ3n) is 4.96. The van der Waals surface area contributed by atoms with Gasteiger partial charge < -0.3 is 10.6 Å². The van der Waals surface area contributed by atoms with E-state index in [4.69, 9.17) is 0 Å². The molecule has 0 aromatic carbocycles. The van der Waals surface area contributed by atoms with Crippen molar-refractivity contribution in [3.63, 3.8) is 0 Å². The van der Waals surface area contributed by atoms with E-state index in [2.05, 4.69) is 25.8 Å². The van der Waals surface area contributed by atoms with Crippen LogP contribution in [0.4, 0.5) is 19.0 Å². The molecule has 0 aliphatic heterocycles. The molecule has 1 aliphatic carbocycles. The minimum atomic E-state index is -4.48. The molecule has 7 nitrogen and oxygen atoms in total. The first-order valence-corrected chi connectivity index (χ1v) is 9.01. The third kappa shape index (κ3) is 4.92. The van der Waals surface area contributed by atoms with E-state index >= 15 is 0 Å². The van der Waals surface area contributed by atoms with E-state index in [9.17, 15) is 18.0 Å². The van der Waals surface area contributed by atoms with Crippen LogP contribution in [0.5, 0.6) is 0 Å². The summed E-state index contributed by atoms with van der Waals surface area (Å²) in [6.45, 7) is 0. The van der Waals surface area contributed by atoms with Crippen molar-refractivity contribution in [1.29, 1.82) is 0 Å². The van der Waals surface area contributed by atoms with Crippen LogP contribution < -0.4 is 10.6 Å². The topological polar surface area (TPSA) is 87.1 Å². The van der Waals surface area contributed by atoms with E-state index in [-0.39, 0.29) is 38.5 Å². The number of aromatic amines is 1. The minimum absolute atomic E-state index is 0. The second-order valence-electron chi connectivity index (χ2n) is 6.92. The van der Waals surface area contributed by atoms with E-state index in [0.717, 1.165) is 31.9 Å². The molecule has 0 bridgehead atoms. The molecule has 4 rings (SSSR count). The molecule has 164 valence electrons. The largest absolute Gasteiger partial charge is 0.434 e. The molecule has 3 aromatic heterocycles. The number of alkyl halides is 3. The standard InChI is InChI=1S/C18H19F3N6O.2CH4/c19-18(20,21)14-10-27-15(2-1-3-16(27)26-14)24-12-4-6-13(7-5-12)25-17(28)11-8-22-23-9-11;;/h1-3,8-10,12-13,24H,4-7H2,(H,22,23)(H,25,28);2*1H4. The lowest BCUT2D eigenvalue weighted by Crippen LogP contribution is -2.40. The monoisotopic (exact) mass is 424 g/mol. The van der Waals surface area contributed by atoms with Crippen LogP contribution in [0.1, 0.15) is 56.6 Å². The molecule has 1 fully saturated rings. The number of halogens is 3. The highest BCUT2D eigenvalue weighted by Crippen LogP contribution is 2.30. The number of nitrogens with one attached hydrogen (secondary N) is 3. The highest BCUT2D eigenvalue weighted by Gasteiger charge is 2.34. The highest BCUT2D eigenvalue weighted by molar-refractivity contribution is 5.93. The van der Waals surface area contributed by atoms with Gasteiger partial charge in [0, 0.05) is 24.5 Å². The molecule has 0 atom stereocenters. The molecular formula is C20H27F3N6O. The molecule has 1 amide bonds. The molecule has 1 saturated carbocycles. The van der Waals surface area contributed by atoms with Gasteiger partial charge in [0.25, 0.3) is 5.91 Å². The molecule has 3 heterocycles.